The van der Waals surface area contributed by atoms with E-state index < -0.39 is 6.10 Å². The Morgan fingerprint density at radius 3 is 2.97 bits per heavy atom. The number of para-hydroxylation sites is 2. The number of hydrogen-bond acceptors (Lipinski definition) is 5. The molecule has 2 atom stereocenters. The summed E-state index contributed by atoms with van der Waals surface area (Å²) in [5.41, 5.74) is 1.94. The third-order valence-corrected chi connectivity index (χ3v) is 5.89. The monoisotopic (exact) mass is 416 g/mol. The van der Waals surface area contributed by atoms with Crippen molar-refractivity contribution in [1.29, 1.82) is 0 Å². The summed E-state index contributed by atoms with van der Waals surface area (Å²) in [5.74, 6) is 0.766. The van der Waals surface area contributed by atoms with Crippen LogP contribution in [-0.4, -0.2) is 55.7 Å². The van der Waals surface area contributed by atoms with E-state index in [-0.39, 0.29) is 18.6 Å². The molecule has 31 heavy (non-hydrogen) atoms. The molecule has 1 N–H and O–H groups in total. The Balaban J connectivity index is 1.20. The zero-order chi connectivity index (χ0) is 21.2. The smallest absolute Gasteiger partial charge is 0.224 e. The molecule has 7 heteroatoms. The van der Waals surface area contributed by atoms with Gasteiger partial charge in [-0.25, -0.2) is 4.98 Å². The molecule has 0 aliphatic carbocycles. The molecule has 0 bridgehead atoms. The second kappa shape index (κ2) is 8.35. The molecule has 0 unspecified atom stereocenters. The van der Waals surface area contributed by atoms with Crippen LogP contribution in [0.2, 0.25) is 0 Å². The average Bonchev–Trinajstić information content (AvgIpc) is 3.22. The van der Waals surface area contributed by atoms with Crippen LogP contribution in [0, 0.1) is 0 Å². The first-order valence-corrected chi connectivity index (χ1v) is 10.5. The van der Waals surface area contributed by atoms with Gasteiger partial charge in [0.05, 0.1) is 23.9 Å². The number of β-amino-alcohol motifs (C(OH)–C–C–N with tert-alkyl or cyclic N) is 1. The van der Waals surface area contributed by atoms with Crippen molar-refractivity contribution in [3.63, 3.8) is 0 Å². The van der Waals surface area contributed by atoms with Crippen molar-refractivity contribution >= 4 is 27.7 Å². The van der Waals surface area contributed by atoms with E-state index in [0.29, 0.717) is 25.9 Å². The quantitative estimate of drug-likeness (QED) is 0.541. The van der Waals surface area contributed by atoms with Crippen LogP contribution in [0.4, 0.5) is 0 Å². The number of nitrogens with zero attached hydrogens (tertiary/aromatic N) is 4. The van der Waals surface area contributed by atoms with Crippen LogP contribution < -0.4 is 4.74 Å². The molecule has 1 saturated heterocycles. The number of aliphatic hydroxyl groups excluding tert-OH is 1. The van der Waals surface area contributed by atoms with E-state index in [2.05, 4.69) is 9.97 Å². The number of likely N-dealkylation sites (tertiary alicyclic amines) is 1. The Labute approximate surface area is 179 Å². The van der Waals surface area contributed by atoms with Crippen molar-refractivity contribution < 1.29 is 14.6 Å². The lowest BCUT2D eigenvalue weighted by Gasteiger charge is -2.36. The van der Waals surface area contributed by atoms with Gasteiger partial charge in [-0.15, -0.1) is 0 Å². The van der Waals surface area contributed by atoms with Gasteiger partial charge in [0, 0.05) is 49.1 Å². The number of imidazole rings is 1. The van der Waals surface area contributed by atoms with Gasteiger partial charge < -0.3 is 19.3 Å². The summed E-state index contributed by atoms with van der Waals surface area (Å²) in [5, 5.41) is 12.6. The molecule has 1 fully saturated rings. The van der Waals surface area contributed by atoms with Gasteiger partial charge in [-0.05, 0) is 24.3 Å². The zero-order valence-electron chi connectivity index (χ0n) is 17.1. The SMILES string of the molecule is O=C(CCn1cnc2ccccc21)N1CC[C@@H](Oc2cccc3cnccc23)[C@H](O)C1. The van der Waals surface area contributed by atoms with Crippen LogP contribution in [0.3, 0.4) is 0 Å². The molecule has 1 amide bonds. The number of carbonyl (C=O) groups is 1. The van der Waals surface area contributed by atoms with Gasteiger partial charge in [0.2, 0.25) is 5.91 Å². The van der Waals surface area contributed by atoms with Gasteiger partial charge in [0.25, 0.3) is 0 Å². The Morgan fingerprint density at radius 1 is 1.16 bits per heavy atom. The van der Waals surface area contributed by atoms with Gasteiger partial charge >= 0.3 is 0 Å². The van der Waals surface area contributed by atoms with Crippen LogP contribution in [-0.2, 0) is 11.3 Å². The summed E-state index contributed by atoms with van der Waals surface area (Å²) in [6.07, 6.45) is 5.17. The summed E-state index contributed by atoms with van der Waals surface area (Å²) in [6, 6.07) is 15.6. The van der Waals surface area contributed by atoms with E-state index in [9.17, 15) is 9.90 Å². The first kappa shape index (κ1) is 19.5. The number of piperidine rings is 1. The summed E-state index contributed by atoms with van der Waals surface area (Å²) < 4.78 is 8.14. The number of aryl methyl sites for hydroxylation is 1. The van der Waals surface area contributed by atoms with Gasteiger partial charge in [0.15, 0.2) is 0 Å². The fourth-order valence-corrected chi connectivity index (χ4v) is 4.20. The molecule has 7 nitrogen and oxygen atoms in total. The van der Waals surface area contributed by atoms with E-state index in [0.717, 1.165) is 27.6 Å². The fraction of sp³-hybridized carbons (Fsp3) is 0.292. The number of aromatic nitrogens is 3. The highest BCUT2D eigenvalue weighted by Crippen LogP contribution is 2.28. The Morgan fingerprint density at radius 2 is 2.06 bits per heavy atom. The molecule has 5 rings (SSSR count). The number of ether oxygens (including phenoxy) is 1. The number of carbonyl (C=O) groups excluding carboxylic acids is 1. The third kappa shape index (κ3) is 3.96. The lowest BCUT2D eigenvalue weighted by atomic mass is 10.0. The van der Waals surface area contributed by atoms with E-state index in [1.54, 1.807) is 23.6 Å². The molecular weight excluding hydrogens is 392 g/mol. The van der Waals surface area contributed by atoms with Crippen molar-refractivity contribution in [3.8, 4) is 5.75 Å². The van der Waals surface area contributed by atoms with Crippen LogP contribution in [0.15, 0.2) is 67.3 Å². The lowest BCUT2D eigenvalue weighted by molar-refractivity contribution is -0.137. The molecule has 2 aromatic carbocycles. The van der Waals surface area contributed by atoms with E-state index >= 15 is 0 Å². The molecule has 0 radical (unpaired) electrons. The summed E-state index contributed by atoms with van der Waals surface area (Å²) >= 11 is 0. The van der Waals surface area contributed by atoms with Crippen LogP contribution in [0.25, 0.3) is 21.8 Å². The number of rotatable bonds is 5. The maximum atomic E-state index is 12.7. The van der Waals surface area contributed by atoms with E-state index in [1.165, 1.54) is 0 Å². The van der Waals surface area contributed by atoms with Crippen molar-refractivity contribution in [2.75, 3.05) is 13.1 Å². The summed E-state index contributed by atoms with van der Waals surface area (Å²) in [7, 11) is 0. The Kier molecular flexibility index (Phi) is 5.26. The maximum Gasteiger partial charge on any atom is 0.224 e. The molecule has 1 aliphatic rings. The Bertz CT molecular complexity index is 1220. The predicted octanol–water partition coefficient (Wildman–Crippen LogP) is 3.02. The second-order valence-electron chi connectivity index (χ2n) is 7.88. The number of aliphatic hydroxyl groups is 1. The predicted molar refractivity (Wildman–Crippen MR) is 118 cm³/mol. The second-order valence-corrected chi connectivity index (χ2v) is 7.88. The van der Waals surface area contributed by atoms with Crippen molar-refractivity contribution in [1.82, 2.24) is 19.4 Å². The number of pyridine rings is 1. The fourth-order valence-electron chi connectivity index (χ4n) is 4.20. The van der Waals surface area contributed by atoms with Crippen LogP contribution in [0.1, 0.15) is 12.8 Å². The minimum atomic E-state index is -0.733. The lowest BCUT2D eigenvalue weighted by Crippen LogP contribution is -2.51. The van der Waals surface area contributed by atoms with Crippen LogP contribution >= 0.6 is 0 Å². The minimum Gasteiger partial charge on any atom is -0.487 e. The average molecular weight is 416 g/mol. The molecule has 1 aliphatic heterocycles. The highest BCUT2D eigenvalue weighted by molar-refractivity contribution is 5.87. The first-order valence-electron chi connectivity index (χ1n) is 10.5. The van der Waals surface area contributed by atoms with Gasteiger partial charge in [-0.3, -0.25) is 9.78 Å². The number of benzene rings is 2. The first-order chi connectivity index (χ1) is 15.2. The maximum absolute atomic E-state index is 12.7. The molecule has 158 valence electrons. The number of amides is 1. The highest BCUT2D eigenvalue weighted by Gasteiger charge is 2.31. The van der Waals surface area contributed by atoms with Gasteiger partial charge in [-0.1, -0.05) is 24.3 Å². The van der Waals surface area contributed by atoms with Gasteiger partial charge in [0.1, 0.15) is 18.0 Å². The standard InChI is InChI=1S/C24H24N4O3/c29-21-15-27(24(30)10-13-28-16-26-19-5-1-2-6-20(19)28)12-9-23(21)31-22-7-3-4-17-14-25-11-8-18(17)22/h1-8,11,14,16,21,23,29H,9-10,12-13,15H2/t21-,23-/m1/s1. The normalized spacial score (nSPS) is 19.1. The van der Waals surface area contributed by atoms with E-state index in [1.807, 2.05) is 53.1 Å². The molecule has 0 spiro atoms. The number of hydrogen-bond donors (Lipinski definition) is 1. The molecule has 3 heterocycles. The van der Waals surface area contributed by atoms with Crippen molar-refractivity contribution in [2.45, 2.75) is 31.6 Å². The Hall–Kier alpha value is -3.45. The largest absolute Gasteiger partial charge is 0.487 e. The minimum absolute atomic E-state index is 0.0338. The molecule has 0 saturated carbocycles. The molecule has 2 aromatic heterocycles. The number of fused-ring (bicyclic) bond motifs is 2. The topological polar surface area (TPSA) is 80.5 Å². The summed E-state index contributed by atoms with van der Waals surface area (Å²) in [4.78, 5) is 23.0. The summed E-state index contributed by atoms with van der Waals surface area (Å²) in [6.45, 7) is 1.41. The van der Waals surface area contributed by atoms with E-state index in [4.69, 9.17) is 4.74 Å². The zero-order valence-corrected chi connectivity index (χ0v) is 17.1. The van der Waals surface area contributed by atoms with Crippen molar-refractivity contribution in [2.24, 2.45) is 0 Å². The molecular formula is C24H24N4O3. The van der Waals surface area contributed by atoms with Crippen LogP contribution in [0.5, 0.6) is 5.75 Å². The molecule has 4 aromatic rings. The third-order valence-electron chi connectivity index (χ3n) is 5.89. The van der Waals surface area contributed by atoms with Gasteiger partial charge in [-0.2, -0.15) is 0 Å². The van der Waals surface area contributed by atoms with Crippen molar-refractivity contribution in [3.05, 3.63) is 67.3 Å². The highest BCUT2D eigenvalue weighted by atomic mass is 16.5.